The first-order valence-corrected chi connectivity index (χ1v) is 15.1. The third kappa shape index (κ3) is 6.49. The van der Waals surface area contributed by atoms with Crippen molar-refractivity contribution in [3.05, 3.63) is 54.6 Å². The minimum atomic E-state index is 0.333. The first-order valence-electron chi connectivity index (χ1n) is 15.1. The predicted molar refractivity (Wildman–Crippen MR) is 152 cm³/mol. The predicted octanol–water partition coefficient (Wildman–Crippen LogP) is 9.88. The zero-order chi connectivity index (χ0) is 24.3. The summed E-state index contributed by atoms with van der Waals surface area (Å²) < 4.78 is 0. The van der Waals surface area contributed by atoms with E-state index in [1.165, 1.54) is 108 Å². The van der Waals surface area contributed by atoms with Gasteiger partial charge < -0.3 is 0 Å². The van der Waals surface area contributed by atoms with Gasteiger partial charge in [-0.1, -0.05) is 127 Å². The minimum absolute atomic E-state index is 0.333. The van der Waals surface area contributed by atoms with E-state index in [1.54, 1.807) is 5.71 Å². The molecule has 0 saturated heterocycles. The van der Waals surface area contributed by atoms with E-state index in [9.17, 15) is 0 Å². The molecule has 0 bridgehead atoms. The summed E-state index contributed by atoms with van der Waals surface area (Å²) in [5.74, 6) is 1.52. The van der Waals surface area contributed by atoms with Gasteiger partial charge in [-0.15, -0.1) is 0 Å². The Morgan fingerprint density at radius 3 is 1.89 bits per heavy atom. The average Bonchev–Trinajstić information content (AvgIpc) is 3.50. The Morgan fingerprint density at radius 1 is 0.743 bits per heavy atom. The van der Waals surface area contributed by atoms with Crippen LogP contribution in [0.25, 0.3) is 0 Å². The molecule has 2 heteroatoms. The number of anilines is 1. The van der Waals surface area contributed by atoms with Crippen LogP contribution in [0.15, 0.2) is 59.7 Å². The topological polar surface area (TPSA) is 15.6 Å². The van der Waals surface area contributed by atoms with Gasteiger partial charge >= 0.3 is 0 Å². The zero-order valence-electron chi connectivity index (χ0n) is 22.6. The van der Waals surface area contributed by atoms with E-state index in [4.69, 9.17) is 5.10 Å². The van der Waals surface area contributed by atoms with E-state index >= 15 is 0 Å². The number of nitrogens with zero attached hydrogens (tertiary/aromatic N) is 2. The van der Waals surface area contributed by atoms with Crippen molar-refractivity contribution in [2.45, 2.75) is 123 Å². The molecule has 2 fully saturated rings. The van der Waals surface area contributed by atoms with Gasteiger partial charge in [-0.2, -0.15) is 5.10 Å². The minimum Gasteiger partial charge on any atom is -0.262 e. The quantitative estimate of drug-likeness (QED) is 0.384. The smallest absolute Gasteiger partial charge is 0.0638 e. The van der Waals surface area contributed by atoms with E-state index in [1.807, 2.05) is 0 Å². The molecular weight excluding hydrogens is 424 g/mol. The third-order valence-electron chi connectivity index (χ3n) is 8.91. The summed E-state index contributed by atoms with van der Waals surface area (Å²) in [5.41, 5.74) is 3.21. The van der Waals surface area contributed by atoms with Crippen molar-refractivity contribution in [2.75, 3.05) is 5.01 Å². The summed E-state index contributed by atoms with van der Waals surface area (Å²) in [7, 11) is 0. The van der Waals surface area contributed by atoms with Crippen molar-refractivity contribution < 1.29 is 0 Å². The average molecular weight is 475 g/mol. The Morgan fingerprint density at radius 2 is 1.31 bits per heavy atom. The number of hydrogen-bond acceptors (Lipinski definition) is 2. The molecule has 1 aliphatic heterocycles. The molecule has 2 aliphatic carbocycles. The molecule has 2 nitrogen and oxygen atoms in total. The Kier molecular flexibility index (Phi) is 10.1. The first kappa shape index (κ1) is 26.2. The molecule has 3 aliphatic rings. The van der Waals surface area contributed by atoms with Gasteiger partial charge in [0, 0.05) is 5.41 Å². The van der Waals surface area contributed by atoms with Crippen LogP contribution in [-0.4, -0.2) is 11.8 Å². The van der Waals surface area contributed by atoms with Crippen LogP contribution in [0.3, 0.4) is 0 Å². The molecule has 1 aromatic rings. The molecule has 0 amide bonds. The van der Waals surface area contributed by atoms with E-state index < -0.39 is 0 Å². The second kappa shape index (κ2) is 13.5. The third-order valence-corrected chi connectivity index (χ3v) is 8.91. The van der Waals surface area contributed by atoms with Crippen molar-refractivity contribution in [3.63, 3.8) is 0 Å². The summed E-state index contributed by atoms with van der Waals surface area (Å²) in [6, 6.07) is 20.1. The first-order chi connectivity index (χ1) is 17.3. The van der Waals surface area contributed by atoms with Crippen LogP contribution in [0.5, 0.6) is 0 Å². The molecule has 1 spiro atoms. The summed E-state index contributed by atoms with van der Waals surface area (Å²) in [5, 5.41) is 8.14. The number of unbranched alkanes of at least 4 members (excludes halogenated alkanes) is 1. The van der Waals surface area contributed by atoms with Crippen molar-refractivity contribution in [1.29, 1.82) is 0 Å². The van der Waals surface area contributed by atoms with Crippen molar-refractivity contribution >= 4 is 11.4 Å². The van der Waals surface area contributed by atoms with E-state index in [2.05, 4.69) is 73.5 Å². The van der Waals surface area contributed by atoms with Crippen LogP contribution in [-0.2, 0) is 0 Å². The summed E-state index contributed by atoms with van der Waals surface area (Å²) in [4.78, 5) is 0. The fourth-order valence-corrected chi connectivity index (χ4v) is 7.02. The van der Waals surface area contributed by atoms with Gasteiger partial charge in [0.05, 0.1) is 17.4 Å². The van der Waals surface area contributed by atoms with Gasteiger partial charge in [-0.05, 0) is 56.1 Å². The Balaban J connectivity index is 1.72. The van der Waals surface area contributed by atoms with E-state index in [-0.39, 0.29) is 0 Å². The Bertz CT molecular complexity index is 823. The van der Waals surface area contributed by atoms with Gasteiger partial charge in [0.25, 0.3) is 0 Å². The summed E-state index contributed by atoms with van der Waals surface area (Å²) >= 11 is 0. The highest BCUT2D eigenvalue weighted by molar-refractivity contribution is 5.99. The second-order valence-electron chi connectivity index (χ2n) is 11.4. The molecule has 0 aromatic heterocycles. The van der Waals surface area contributed by atoms with Crippen LogP contribution < -0.4 is 5.01 Å². The SMILES string of the molecule is CCCCC1N(c2ccccccccc2)N=C(C2CCCCCCCCCC2)C12CC2CCC. The lowest BCUT2D eigenvalue weighted by Crippen LogP contribution is -2.38. The second-order valence-corrected chi connectivity index (χ2v) is 11.4. The normalized spacial score (nSPS) is 27.7. The van der Waals surface area contributed by atoms with Crippen LogP contribution in [0.1, 0.15) is 117 Å². The Hall–Kier alpha value is -1.83. The van der Waals surface area contributed by atoms with Crippen molar-refractivity contribution in [1.82, 2.24) is 0 Å². The summed E-state index contributed by atoms with van der Waals surface area (Å²) in [6.07, 6.45) is 21.9. The lowest BCUT2D eigenvalue weighted by molar-refractivity contribution is 0.407. The maximum atomic E-state index is 5.65. The van der Waals surface area contributed by atoms with Gasteiger partial charge in [-0.3, -0.25) is 5.01 Å². The van der Waals surface area contributed by atoms with E-state index in [0.717, 1.165) is 5.92 Å². The monoisotopic (exact) mass is 474 g/mol. The fraction of sp³-hybridized carbons (Fsp3) is 0.667. The van der Waals surface area contributed by atoms with Gasteiger partial charge in [0.2, 0.25) is 0 Å². The highest BCUT2D eigenvalue weighted by atomic mass is 15.5. The highest BCUT2D eigenvalue weighted by Gasteiger charge is 2.66. The van der Waals surface area contributed by atoms with Gasteiger partial charge in [0.15, 0.2) is 0 Å². The number of hydrogen-bond donors (Lipinski definition) is 0. The van der Waals surface area contributed by atoms with E-state index in [0.29, 0.717) is 17.4 Å². The fourth-order valence-electron chi connectivity index (χ4n) is 7.02. The number of hydrazone groups is 1. The molecule has 192 valence electrons. The van der Waals surface area contributed by atoms with Crippen molar-refractivity contribution in [3.8, 4) is 0 Å². The van der Waals surface area contributed by atoms with Crippen molar-refractivity contribution in [2.24, 2.45) is 22.4 Å². The number of rotatable bonds is 7. The maximum Gasteiger partial charge on any atom is 0.0638 e. The molecule has 2 saturated carbocycles. The highest BCUT2D eigenvalue weighted by Crippen LogP contribution is 2.65. The largest absolute Gasteiger partial charge is 0.262 e. The summed E-state index contributed by atoms with van der Waals surface area (Å²) in [6.45, 7) is 4.72. The molecular formula is C33H50N2. The molecule has 1 aromatic carbocycles. The molecule has 1 heterocycles. The molecule has 0 radical (unpaired) electrons. The Labute approximate surface area is 215 Å². The maximum absolute atomic E-state index is 5.65. The van der Waals surface area contributed by atoms with Crippen LogP contribution in [0.2, 0.25) is 0 Å². The molecule has 4 rings (SSSR count). The lowest BCUT2D eigenvalue weighted by atomic mass is 9.77. The molecule has 0 N–H and O–H groups in total. The molecule has 3 unspecified atom stereocenters. The van der Waals surface area contributed by atoms with Crippen LogP contribution >= 0.6 is 0 Å². The van der Waals surface area contributed by atoms with Crippen LogP contribution in [0.4, 0.5) is 5.69 Å². The lowest BCUT2D eigenvalue weighted by Gasteiger charge is -2.30. The molecule has 35 heavy (non-hydrogen) atoms. The van der Waals surface area contributed by atoms with Crippen LogP contribution in [0, 0.1) is 17.3 Å². The van der Waals surface area contributed by atoms with Gasteiger partial charge in [0.1, 0.15) is 0 Å². The van der Waals surface area contributed by atoms with Gasteiger partial charge in [-0.25, -0.2) is 0 Å². The molecule has 3 atom stereocenters. The standard InChI is InChI=1S/C33H50N2/c1-3-5-26-31-33(27-29(33)21-4-2)32(28-22-17-13-9-6-7-10-14-18-23-28)34-35(31)30-24-19-15-11-8-12-16-20-25-30/h8,11-12,15-16,19-20,24-25,28-29,31H,3-7,9-10,13-14,17-18,21-23,26-27H2,1-2H3. The zero-order valence-corrected chi connectivity index (χ0v) is 22.6.